The molecule has 0 bridgehead atoms. The molecule has 0 aliphatic rings. The van der Waals surface area contributed by atoms with Crippen LogP contribution in [-0.2, 0) is 6.54 Å². The van der Waals surface area contributed by atoms with Crippen LogP contribution in [-0.4, -0.2) is 32.7 Å². The van der Waals surface area contributed by atoms with Crippen LogP contribution in [0.4, 0.5) is 5.69 Å². The number of hydrogen-bond acceptors (Lipinski definition) is 4. The van der Waals surface area contributed by atoms with Crippen molar-refractivity contribution in [3.8, 4) is 0 Å². The number of imidazole rings is 1. The number of carbonyl (C=O) groups is 1. The lowest BCUT2D eigenvalue weighted by atomic mass is 10.1. The second kappa shape index (κ2) is 5.52. The van der Waals surface area contributed by atoms with Gasteiger partial charge in [0.25, 0.3) is 11.6 Å². The van der Waals surface area contributed by atoms with E-state index in [9.17, 15) is 14.9 Å². The maximum absolute atomic E-state index is 12.3. The molecule has 1 aromatic carbocycles. The summed E-state index contributed by atoms with van der Waals surface area (Å²) in [6.45, 7) is 1.87. The summed E-state index contributed by atoms with van der Waals surface area (Å²) in [6, 6.07) is 4.71. The zero-order valence-corrected chi connectivity index (χ0v) is 11.2. The van der Waals surface area contributed by atoms with Gasteiger partial charge < -0.3 is 9.88 Å². The molecule has 1 heterocycles. The number of amides is 1. The van der Waals surface area contributed by atoms with Crippen LogP contribution in [0.25, 0.3) is 0 Å². The van der Waals surface area contributed by atoms with Crippen molar-refractivity contribution < 1.29 is 9.72 Å². The second-order valence-electron chi connectivity index (χ2n) is 4.43. The van der Waals surface area contributed by atoms with Gasteiger partial charge in [-0.2, -0.15) is 0 Å². The number of nitrogens with zero attached hydrogens (tertiary/aromatic N) is 3. The van der Waals surface area contributed by atoms with Crippen molar-refractivity contribution in [1.82, 2.24) is 14.9 Å². The van der Waals surface area contributed by atoms with Crippen LogP contribution in [0, 0.1) is 17.0 Å². The number of para-hydroxylation sites is 1. The Bertz CT molecular complexity index is 637. The van der Waals surface area contributed by atoms with Crippen molar-refractivity contribution in [1.29, 1.82) is 0 Å². The van der Waals surface area contributed by atoms with Gasteiger partial charge in [0.15, 0.2) is 0 Å². The van der Waals surface area contributed by atoms with Crippen LogP contribution in [0.5, 0.6) is 0 Å². The first-order valence-electron chi connectivity index (χ1n) is 5.98. The molecule has 0 spiro atoms. The summed E-state index contributed by atoms with van der Waals surface area (Å²) < 4.78 is 0. The number of carbonyl (C=O) groups excluding carboxylic acids is 1. The van der Waals surface area contributed by atoms with Gasteiger partial charge in [-0.1, -0.05) is 12.1 Å². The SMILES string of the molecule is Cc1cccc(C(=O)N(C)Cc2ncc[nH]2)c1[N+](=O)[O-]. The normalized spacial score (nSPS) is 10.3. The van der Waals surface area contributed by atoms with Gasteiger partial charge in [-0.05, 0) is 13.0 Å². The van der Waals surface area contributed by atoms with Gasteiger partial charge in [0, 0.05) is 25.0 Å². The van der Waals surface area contributed by atoms with E-state index in [1.807, 2.05) is 0 Å². The highest BCUT2D eigenvalue weighted by Gasteiger charge is 2.24. The average Bonchev–Trinajstić information content (AvgIpc) is 2.89. The predicted molar refractivity (Wildman–Crippen MR) is 72.2 cm³/mol. The smallest absolute Gasteiger partial charge is 0.285 e. The molecule has 7 nitrogen and oxygen atoms in total. The summed E-state index contributed by atoms with van der Waals surface area (Å²) in [4.78, 5) is 31.2. The first-order valence-corrected chi connectivity index (χ1v) is 5.98. The summed E-state index contributed by atoms with van der Waals surface area (Å²) in [5, 5.41) is 11.1. The Morgan fingerprint density at radius 2 is 2.25 bits per heavy atom. The molecule has 1 N–H and O–H groups in total. The topological polar surface area (TPSA) is 92.1 Å². The molecule has 0 unspecified atom stereocenters. The first-order chi connectivity index (χ1) is 9.50. The lowest BCUT2D eigenvalue weighted by Crippen LogP contribution is -2.27. The van der Waals surface area contributed by atoms with Crippen molar-refractivity contribution in [2.24, 2.45) is 0 Å². The fourth-order valence-corrected chi connectivity index (χ4v) is 1.96. The fraction of sp³-hybridized carbons (Fsp3) is 0.231. The predicted octanol–water partition coefficient (Wildman–Crippen LogP) is 1.90. The van der Waals surface area contributed by atoms with Gasteiger partial charge in [-0.3, -0.25) is 14.9 Å². The standard InChI is InChI=1S/C13H14N4O3/c1-9-4-3-5-10(12(9)17(19)20)13(18)16(2)8-11-14-6-7-15-11/h3-7H,8H2,1-2H3,(H,14,15). The van der Waals surface area contributed by atoms with E-state index >= 15 is 0 Å². The molecule has 7 heteroatoms. The molecule has 104 valence electrons. The number of aryl methyl sites for hydroxylation is 1. The summed E-state index contributed by atoms with van der Waals surface area (Å²) in [6.07, 6.45) is 3.24. The van der Waals surface area contributed by atoms with Crippen molar-refractivity contribution >= 4 is 11.6 Å². The minimum absolute atomic E-state index is 0.0871. The summed E-state index contributed by atoms with van der Waals surface area (Å²) in [7, 11) is 1.58. The molecule has 1 aromatic heterocycles. The zero-order chi connectivity index (χ0) is 14.7. The summed E-state index contributed by atoms with van der Waals surface area (Å²) in [5.74, 6) is 0.216. The Morgan fingerprint density at radius 1 is 1.50 bits per heavy atom. The second-order valence-corrected chi connectivity index (χ2v) is 4.43. The number of nitro groups is 1. The van der Waals surface area contributed by atoms with Gasteiger partial charge in [-0.15, -0.1) is 0 Å². The minimum Gasteiger partial charge on any atom is -0.347 e. The Balaban J connectivity index is 2.29. The largest absolute Gasteiger partial charge is 0.347 e. The lowest BCUT2D eigenvalue weighted by molar-refractivity contribution is -0.385. The Hall–Kier alpha value is -2.70. The number of aromatic nitrogens is 2. The van der Waals surface area contributed by atoms with Gasteiger partial charge in [0.1, 0.15) is 11.4 Å². The monoisotopic (exact) mass is 274 g/mol. The number of rotatable bonds is 4. The highest BCUT2D eigenvalue weighted by molar-refractivity contribution is 5.98. The number of aromatic amines is 1. The van der Waals surface area contributed by atoms with Gasteiger partial charge >= 0.3 is 0 Å². The lowest BCUT2D eigenvalue weighted by Gasteiger charge is -2.16. The maximum atomic E-state index is 12.3. The molecule has 0 saturated carbocycles. The van der Waals surface area contributed by atoms with E-state index in [1.165, 1.54) is 11.0 Å². The minimum atomic E-state index is -0.525. The third-order valence-electron chi connectivity index (χ3n) is 2.94. The summed E-state index contributed by atoms with van der Waals surface area (Å²) >= 11 is 0. The van der Waals surface area contributed by atoms with E-state index in [0.717, 1.165) is 0 Å². The van der Waals surface area contributed by atoms with Gasteiger partial charge in [0.2, 0.25) is 0 Å². The van der Waals surface area contributed by atoms with Crippen LogP contribution >= 0.6 is 0 Å². The molecular formula is C13H14N4O3. The van der Waals surface area contributed by atoms with Crippen LogP contribution in [0.3, 0.4) is 0 Å². The molecule has 2 aromatic rings. The van der Waals surface area contributed by atoms with Crippen LogP contribution in [0.15, 0.2) is 30.6 Å². The highest BCUT2D eigenvalue weighted by Crippen LogP contribution is 2.24. The van der Waals surface area contributed by atoms with E-state index < -0.39 is 10.8 Å². The quantitative estimate of drug-likeness (QED) is 0.680. The van der Waals surface area contributed by atoms with Crippen LogP contribution in [0.1, 0.15) is 21.7 Å². The van der Waals surface area contributed by atoms with E-state index in [0.29, 0.717) is 11.4 Å². The van der Waals surface area contributed by atoms with Gasteiger partial charge in [-0.25, -0.2) is 4.98 Å². The van der Waals surface area contributed by atoms with Gasteiger partial charge in [0.05, 0.1) is 11.5 Å². The average molecular weight is 274 g/mol. The molecule has 0 aliphatic heterocycles. The third-order valence-corrected chi connectivity index (χ3v) is 2.94. The van der Waals surface area contributed by atoms with Crippen molar-refractivity contribution in [2.75, 3.05) is 7.05 Å². The molecule has 0 saturated heterocycles. The molecule has 1 amide bonds. The molecule has 0 fully saturated rings. The molecule has 0 radical (unpaired) electrons. The zero-order valence-electron chi connectivity index (χ0n) is 11.2. The van der Waals surface area contributed by atoms with Crippen molar-refractivity contribution in [3.05, 3.63) is 57.7 Å². The van der Waals surface area contributed by atoms with Crippen molar-refractivity contribution in [3.63, 3.8) is 0 Å². The third kappa shape index (κ3) is 2.66. The maximum Gasteiger partial charge on any atom is 0.285 e. The Kier molecular flexibility index (Phi) is 3.79. The number of H-pyrrole nitrogens is 1. The first kappa shape index (κ1) is 13.7. The molecule has 20 heavy (non-hydrogen) atoms. The Labute approximate surface area is 115 Å². The van der Waals surface area contributed by atoms with E-state index in [-0.39, 0.29) is 17.8 Å². The molecule has 2 rings (SSSR count). The summed E-state index contributed by atoms with van der Waals surface area (Å²) in [5.41, 5.74) is 0.403. The molecule has 0 aliphatic carbocycles. The number of nitrogens with one attached hydrogen (secondary N) is 1. The van der Waals surface area contributed by atoms with E-state index in [2.05, 4.69) is 9.97 Å². The van der Waals surface area contributed by atoms with Crippen LogP contribution in [0.2, 0.25) is 0 Å². The van der Waals surface area contributed by atoms with Crippen molar-refractivity contribution in [2.45, 2.75) is 13.5 Å². The highest BCUT2D eigenvalue weighted by atomic mass is 16.6. The van der Waals surface area contributed by atoms with E-state index in [1.54, 1.807) is 38.5 Å². The fourth-order valence-electron chi connectivity index (χ4n) is 1.96. The van der Waals surface area contributed by atoms with E-state index in [4.69, 9.17) is 0 Å². The number of hydrogen-bond donors (Lipinski definition) is 1. The number of nitro benzene ring substituents is 1. The Morgan fingerprint density at radius 3 is 2.85 bits per heavy atom. The molecular weight excluding hydrogens is 260 g/mol. The molecule has 0 atom stereocenters. The van der Waals surface area contributed by atoms with Crippen LogP contribution < -0.4 is 0 Å². The number of benzene rings is 1.